The lowest BCUT2D eigenvalue weighted by molar-refractivity contribution is -0.116. The summed E-state index contributed by atoms with van der Waals surface area (Å²) >= 11 is 5.66. The van der Waals surface area contributed by atoms with Crippen molar-refractivity contribution >= 4 is 34.6 Å². The van der Waals surface area contributed by atoms with Gasteiger partial charge in [-0.3, -0.25) is 14.4 Å². The summed E-state index contributed by atoms with van der Waals surface area (Å²) in [6.07, 6.45) is 2.01. The summed E-state index contributed by atoms with van der Waals surface area (Å²) in [5.41, 5.74) is -0.284. The van der Waals surface area contributed by atoms with Gasteiger partial charge < -0.3 is 15.5 Å². The average Bonchev–Trinajstić information content (AvgIpc) is 3.09. The van der Waals surface area contributed by atoms with Crippen LogP contribution in [-0.2, 0) is 4.79 Å². The highest BCUT2D eigenvalue weighted by atomic mass is 35.5. The van der Waals surface area contributed by atoms with E-state index in [1.165, 1.54) is 12.1 Å². The summed E-state index contributed by atoms with van der Waals surface area (Å²) in [4.78, 5) is 37.2. The second-order valence-electron chi connectivity index (χ2n) is 5.93. The predicted octanol–water partition coefficient (Wildman–Crippen LogP) is 2.12. The third kappa shape index (κ3) is 3.66. The van der Waals surface area contributed by atoms with E-state index in [0.717, 1.165) is 32.0 Å². The molecule has 0 spiro atoms. The topological polar surface area (TPSA) is 78.5 Å². The molecule has 25 heavy (non-hydrogen) atoms. The van der Waals surface area contributed by atoms with Gasteiger partial charge >= 0.3 is 0 Å². The Kier molecular flexibility index (Phi) is 5.03. The first kappa shape index (κ1) is 17.4. The molecule has 0 radical (unpaired) electrons. The molecule has 0 bridgehead atoms. The molecule has 2 aromatic carbocycles. The minimum absolute atomic E-state index is 0.0281. The molecule has 0 aliphatic carbocycles. The number of carbonyl (C=O) groups is 1. The molecule has 1 aliphatic heterocycles. The zero-order valence-corrected chi connectivity index (χ0v) is 14.2. The molecule has 2 N–H and O–H groups in total. The Bertz CT molecular complexity index is 871. The molecule has 1 saturated heterocycles. The van der Waals surface area contributed by atoms with Crippen molar-refractivity contribution in [1.82, 2.24) is 0 Å². The molecule has 6 nitrogen and oxygen atoms in total. The minimum Gasteiger partial charge on any atom is -0.379 e. The van der Waals surface area contributed by atoms with E-state index in [1.807, 2.05) is 4.90 Å². The van der Waals surface area contributed by atoms with Gasteiger partial charge in [0.05, 0.1) is 5.69 Å². The first-order valence-corrected chi connectivity index (χ1v) is 8.42. The van der Waals surface area contributed by atoms with Crippen molar-refractivity contribution in [3.05, 3.63) is 49.5 Å². The number of carbonyl (C=O) groups excluding carboxylic acids is 1. The number of benzene rings is 1. The van der Waals surface area contributed by atoms with Gasteiger partial charge in [-0.15, -0.1) is 0 Å². The van der Waals surface area contributed by atoms with Crippen molar-refractivity contribution in [2.45, 2.75) is 19.3 Å². The number of rotatable bonds is 6. The van der Waals surface area contributed by atoms with Gasteiger partial charge in [0.25, 0.3) is 10.9 Å². The molecule has 132 valence electrons. The van der Waals surface area contributed by atoms with Crippen molar-refractivity contribution < 1.29 is 9.18 Å². The number of nitrogens with zero attached hydrogens (tertiary/aromatic N) is 1. The summed E-state index contributed by atoms with van der Waals surface area (Å²) in [5.74, 6) is -1.03. The molecule has 3 rings (SSSR count). The van der Waals surface area contributed by atoms with Gasteiger partial charge in [-0.2, -0.15) is 0 Å². The second-order valence-corrected chi connectivity index (χ2v) is 6.36. The van der Waals surface area contributed by atoms with Gasteiger partial charge in [0.1, 0.15) is 17.2 Å². The predicted molar refractivity (Wildman–Crippen MR) is 95.9 cm³/mol. The Balaban J connectivity index is 1.55. The van der Waals surface area contributed by atoms with Crippen LogP contribution in [0.2, 0.25) is 5.02 Å². The molecule has 1 fully saturated rings. The maximum absolute atomic E-state index is 13.6. The van der Waals surface area contributed by atoms with Crippen LogP contribution < -0.4 is 26.4 Å². The standard InChI is InChI=1S/C17H17ClFN3O3/c18-10-3-4-12(11(19)9-10)21-13(23)5-6-20-14-15(17(25)16(14)24)22-7-1-2-8-22/h3-4,9,20H,1-2,5-8H2,(H,21,23). The molecule has 0 atom stereocenters. The van der Waals surface area contributed by atoms with Gasteiger partial charge in [0.2, 0.25) is 5.91 Å². The highest BCUT2D eigenvalue weighted by Crippen LogP contribution is 2.24. The lowest BCUT2D eigenvalue weighted by atomic mass is 10.1. The van der Waals surface area contributed by atoms with E-state index in [9.17, 15) is 18.8 Å². The Labute approximate surface area is 148 Å². The largest absolute Gasteiger partial charge is 0.379 e. The Morgan fingerprint density at radius 2 is 1.92 bits per heavy atom. The average molecular weight is 366 g/mol. The van der Waals surface area contributed by atoms with Crippen LogP contribution in [0.1, 0.15) is 19.3 Å². The molecule has 2 aromatic rings. The summed E-state index contributed by atoms with van der Waals surface area (Å²) in [6, 6.07) is 3.97. The van der Waals surface area contributed by atoms with Crippen molar-refractivity contribution in [1.29, 1.82) is 0 Å². The van der Waals surface area contributed by atoms with E-state index in [-0.39, 0.29) is 29.4 Å². The molecule has 0 saturated carbocycles. The zero-order chi connectivity index (χ0) is 18.0. The SMILES string of the molecule is O=C(CCNc1c(N2CCCC2)c(=O)c1=O)Nc1ccc(Cl)cc1F. The van der Waals surface area contributed by atoms with E-state index in [0.29, 0.717) is 5.69 Å². The van der Waals surface area contributed by atoms with Crippen molar-refractivity contribution in [2.24, 2.45) is 0 Å². The normalized spacial score (nSPS) is 14.1. The van der Waals surface area contributed by atoms with Gasteiger partial charge in [0.15, 0.2) is 0 Å². The maximum Gasteiger partial charge on any atom is 0.253 e. The molecular formula is C17H17ClFN3O3. The summed E-state index contributed by atoms with van der Waals surface area (Å²) < 4.78 is 13.6. The van der Waals surface area contributed by atoms with Gasteiger partial charge in [-0.1, -0.05) is 11.6 Å². The van der Waals surface area contributed by atoms with Crippen molar-refractivity contribution in [3.63, 3.8) is 0 Å². The van der Waals surface area contributed by atoms with Crippen molar-refractivity contribution in [3.8, 4) is 0 Å². The Morgan fingerprint density at radius 3 is 2.60 bits per heavy atom. The zero-order valence-electron chi connectivity index (χ0n) is 13.4. The number of nitrogens with one attached hydrogen (secondary N) is 2. The first-order chi connectivity index (χ1) is 12.0. The van der Waals surface area contributed by atoms with Gasteiger partial charge in [-0.05, 0) is 31.0 Å². The number of amides is 1. The van der Waals surface area contributed by atoms with E-state index in [2.05, 4.69) is 10.6 Å². The fraction of sp³-hybridized carbons (Fsp3) is 0.353. The molecule has 8 heteroatoms. The fourth-order valence-electron chi connectivity index (χ4n) is 2.89. The van der Waals surface area contributed by atoms with Crippen LogP contribution in [-0.4, -0.2) is 25.5 Å². The van der Waals surface area contributed by atoms with E-state index in [1.54, 1.807) is 0 Å². The van der Waals surface area contributed by atoms with E-state index in [4.69, 9.17) is 11.6 Å². The van der Waals surface area contributed by atoms with Crippen LogP contribution >= 0.6 is 11.6 Å². The van der Waals surface area contributed by atoms with Crippen LogP contribution in [0.25, 0.3) is 0 Å². The molecule has 1 aliphatic rings. The van der Waals surface area contributed by atoms with Crippen molar-refractivity contribution in [2.75, 3.05) is 35.2 Å². The molecular weight excluding hydrogens is 349 g/mol. The first-order valence-electron chi connectivity index (χ1n) is 8.04. The number of halogens is 2. The van der Waals surface area contributed by atoms with Crippen LogP contribution in [0.3, 0.4) is 0 Å². The van der Waals surface area contributed by atoms with Crippen LogP contribution in [0.4, 0.5) is 21.5 Å². The van der Waals surface area contributed by atoms with Crippen LogP contribution in [0, 0.1) is 5.82 Å². The summed E-state index contributed by atoms with van der Waals surface area (Å²) in [7, 11) is 0. The number of hydrogen-bond donors (Lipinski definition) is 2. The summed E-state index contributed by atoms with van der Waals surface area (Å²) in [5, 5.41) is 5.54. The van der Waals surface area contributed by atoms with Gasteiger partial charge in [0, 0.05) is 31.1 Å². The highest BCUT2D eigenvalue weighted by molar-refractivity contribution is 6.30. The Morgan fingerprint density at radius 1 is 1.20 bits per heavy atom. The lowest BCUT2D eigenvalue weighted by Crippen LogP contribution is -2.42. The number of anilines is 3. The monoisotopic (exact) mass is 365 g/mol. The minimum atomic E-state index is -0.618. The van der Waals surface area contributed by atoms with Crippen LogP contribution in [0.15, 0.2) is 27.8 Å². The Hall–Kier alpha value is -2.41. The second kappa shape index (κ2) is 7.23. The van der Waals surface area contributed by atoms with E-state index >= 15 is 0 Å². The van der Waals surface area contributed by atoms with Gasteiger partial charge in [-0.25, -0.2) is 4.39 Å². The van der Waals surface area contributed by atoms with Crippen LogP contribution in [0.5, 0.6) is 0 Å². The summed E-state index contributed by atoms with van der Waals surface area (Å²) in [6.45, 7) is 1.69. The van der Waals surface area contributed by atoms with E-state index < -0.39 is 22.6 Å². The molecule has 1 heterocycles. The fourth-order valence-corrected chi connectivity index (χ4v) is 3.05. The highest BCUT2D eigenvalue weighted by Gasteiger charge is 2.27. The lowest BCUT2D eigenvalue weighted by Gasteiger charge is -2.22. The smallest absolute Gasteiger partial charge is 0.253 e. The number of hydrogen-bond acceptors (Lipinski definition) is 5. The third-order valence-corrected chi connectivity index (χ3v) is 4.40. The third-order valence-electron chi connectivity index (χ3n) is 4.17. The molecule has 0 unspecified atom stereocenters. The maximum atomic E-state index is 13.6. The molecule has 1 amide bonds. The quantitative estimate of drug-likeness (QED) is 0.767. The molecule has 0 aromatic heterocycles.